The standard InChI is InChI=1S/C15H24O3/c1-15(2,3)10-12(16)8-11-6-7-13(17-4)14(9-11)18-5/h6-7,9,12,16H,8,10H2,1-5H3. The van der Waals surface area contributed by atoms with E-state index in [0.717, 1.165) is 12.0 Å². The second kappa shape index (κ2) is 6.10. The summed E-state index contributed by atoms with van der Waals surface area (Å²) in [5.74, 6) is 1.42. The molecule has 0 aliphatic rings. The van der Waals surface area contributed by atoms with Crippen LogP contribution >= 0.6 is 0 Å². The summed E-state index contributed by atoms with van der Waals surface area (Å²) in [7, 11) is 3.24. The first kappa shape index (κ1) is 14.8. The third-order valence-electron chi connectivity index (χ3n) is 2.77. The molecule has 3 heteroatoms. The fraction of sp³-hybridized carbons (Fsp3) is 0.600. The van der Waals surface area contributed by atoms with Gasteiger partial charge in [-0.1, -0.05) is 26.8 Å². The van der Waals surface area contributed by atoms with Crippen molar-refractivity contribution in [2.24, 2.45) is 5.41 Å². The Morgan fingerprint density at radius 1 is 1.11 bits per heavy atom. The van der Waals surface area contributed by atoms with Gasteiger partial charge in [0.1, 0.15) is 0 Å². The van der Waals surface area contributed by atoms with Gasteiger partial charge in [0.15, 0.2) is 11.5 Å². The largest absolute Gasteiger partial charge is 0.493 e. The zero-order valence-corrected chi connectivity index (χ0v) is 12.0. The van der Waals surface area contributed by atoms with E-state index in [-0.39, 0.29) is 11.5 Å². The Morgan fingerprint density at radius 3 is 2.22 bits per heavy atom. The predicted molar refractivity (Wildman–Crippen MR) is 73.3 cm³/mol. The van der Waals surface area contributed by atoms with Gasteiger partial charge in [-0.15, -0.1) is 0 Å². The number of benzene rings is 1. The Morgan fingerprint density at radius 2 is 1.72 bits per heavy atom. The molecule has 102 valence electrons. The highest BCUT2D eigenvalue weighted by Gasteiger charge is 2.17. The van der Waals surface area contributed by atoms with Crippen LogP contribution in [0.15, 0.2) is 18.2 Å². The van der Waals surface area contributed by atoms with E-state index in [1.807, 2.05) is 18.2 Å². The fourth-order valence-corrected chi connectivity index (χ4v) is 2.06. The molecule has 0 aromatic heterocycles. The van der Waals surface area contributed by atoms with Crippen LogP contribution in [0.25, 0.3) is 0 Å². The highest BCUT2D eigenvalue weighted by molar-refractivity contribution is 5.43. The molecule has 0 saturated carbocycles. The van der Waals surface area contributed by atoms with E-state index in [4.69, 9.17) is 9.47 Å². The molecule has 0 heterocycles. The minimum atomic E-state index is -0.330. The molecule has 1 aromatic carbocycles. The van der Waals surface area contributed by atoms with E-state index in [2.05, 4.69) is 20.8 Å². The summed E-state index contributed by atoms with van der Waals surface area (Å²) in [5, 5.41) is 10.1. The summed E-state index contributed by atoms with van der Waals surface area (Å²) in [5.41, 5.74) is 1.19. The molecular weight excluding hydrogens is 228 g/mol. The Labute approximate surface area is 110 Å². The lowest BCUT2D eigenvalue weighted by molar-refractivity contribution is 0.121. The van der Waals surface area contributed by atoms with Crippen LogP contribution in [0.3, 0.4) is 0 Å². The maximum Gasteiger partial charge on any atom is 0.160 e. The smallest absolute Gasteiger partial charge is 0.160 e. The van der Waals surface area contributed by atoms with E-state index in [9.17, 15) is 5.11 Å². The van der Waals surface area contributed by atoms with Crippen molar-refractivity contribution in [3.05, 3.63) is 23.8 Å². The summed E-state index contributed by atoms with van der Waals surface area (Å²) in [6, 6.07) is 5.76. The van der Waals surface area contributed by atoms with Crippen molar-refractivity contribution in [2.75, 3.05) is 14.2 Å². The summed E-state index contributed by atoms with van der Waals surface area (Å²) in [6.45, 7) is 6.39. The van der Waals surface area contributed by atoms with Crippen LogP contribution < -0.4 is 9.47 Å². The molecule has 1 N–H and O–H groups in total. The molecule has 0 radical (unpaired) electrons. The minimum Gasteiger partial charge on any atom is -0.493 e. The van der Waals surface area contributed by atoms with E-state index < -0.39 is 0 Å². The molecule has 0 aliphatic carbocycles. The number of hydrogen-bond acceptors (Lipinski definition) is 3. The Kier molecular flexibility index (Phi) is 5.03. The van der Waals surface area contributed by atoms with Crippen LogP contribution in [0.1, 0.15) is 32.8 Å². The molecule has 1 rings (SSSR count). The van der Waals surface area contributed by atoms with Gasteiger partial charge in [-0.05, 0) is 36.0 Å². The first-order valence-electron chi connectivity index (χ1n) is 6.24. The highest BCUT2D eigenvalue weighted by Crippen LogP contribution is 2.29. The highest BCUT2D eigenvalue weighted by atomic mass is 16.5. The van der Waals surface area contributed by atoms with Crippen LogP contribution in [0.2, 0.25) is 0 Å². The van der Waals surface area contributed by atoms with E-state index in [0.29, 0.717) is 17.9 Å². The molecule has 0 bridgehead atoms. The van der Waals surface area contributed by atoms with Gasteiger partial charge in [-0.25, -0.2) is 0 Å². The van der Waals surface area contributed by atoms with Crippen molar-refractivity contribution in [2.45, 2.75) is 39.7 Å². The molecular formula is C15H24O3. The zero-order valence-electron chi connectivity index (χ0n) is 12.0. The average Bonchev–Trinajstić information content (AvgIpc) is 2.26. The summed E-state index contributed by atoms with van der Waals surface area (Å²) < 4.78 is 10.4. The molecule has 0 saturated heterocycles. The number of aliphatic hydroxyl groups excluding tert-OH is 1. The average molecular weight is 252 g/mol. The second-order valence-corrected chi connectivity index (χ2v) is 5.81. The zero-order chi connectivity index (χ0) is 13.8. The molecule has 0 aliphatic heterocycles. The quantitative estimate of drug-likeness (QED) is 0.875. The van der Waals surface area contributed by atoms with Crippen LogP contribution in [-0.2, 0) is 6.42 Å². The fourth-order valence-electron chi connectivity index (χ4n) is 2.06. The summed E-state index contributed by atoms with van der Waals surface area (Å²) >= 11 is 0. The molecule has 18 heavy (non-hydrogen) atoms. The van der Waals surface area contributed by atoms with Gasteiger partial charge in [0, 0.05) is 0 Å². The molecule has 3 nitrogen and oxygen atoms in total. The Hall–Kier alpha value is -1.22. The number of methoxy groups -OCH3 is 2. The van der Waals surface area contributed by atoms with E-state index >= 15 is 0 Å². The van der Waals surface area contributed by atoms with Crippen molar-refractivity contribution < 1.29 is 14.6 Å². The predicted octanol–water partition coefficient (Wildman–Crippen LogP) is 3.04. The number of hydrogen-bond donors (Lipinski definition) is 1. The normalized spacial score (nSPS) is 13.2. The lowest BCUT2D eigenvalue weighted by atomic mass is 9.87. The Bertz CT molecular complexity index is 380. The van der Waals surface area contributed by atoms with Crippen LogP contribution in [-0.4, -0.2) is 25.4 Å². The van der Waals surface area contributed by atoms with Crippen LogP contribution in [0.5, 0.6) is 11.5 Å². The van der Waals surface area contributed by atoms with E-state index in [1.54, 1.807) is 14.2 Å². The minimum absolute atomic E-state index is 0.135. The van der Waals surface area contributed by atoms with Crippen LogP contribution in [0, 0.1) is 5.41 Å². The van der Waals surface area contributed by atoms with Crippen molar-refractivity contribution in [3.8, 4) is 11.5 Å². The summed E-state index contributed by atoms with van der Waals surface area (Å²) in [6.07, 6.45) is 1.09. The topological polar surface area (TPSA) is 38.7 Å². The molecule has 0 spiro atoms. The van der Waals surface area contributed by atoms with Gasteiger partial charge in [0.05, 0.1) is 20.3 Å². The number of rotatable bonds is 5. The molecule has 1 atom stereocenters. The van der Waals surface area contributed by atoms with Gasteiger partial charge in [0.2, 0.25) is 0 Å². The number of ether oxygens (including phenoxy) is 2. The Balaban J connectivity index is 2.73. The maximum absolute atomic E-state index is 10.1. The SMILES string of the molecule is COc1ccc(CC(O)CC(C)(C)C)cc1OC. The van der Waals surface area contributed by atoms with Crippen molar-refractivity contribution in [3.63, 3.8) is 0 Å². The molecule has 0 amide bonds. The third kappa shape index (κ3) is 4.57. The third-order valence-corrected chi connectivity index (χ3v) is 2.77. The van der Waals surface area contributed by atoms with Gasteiger partial charge in [-0.2, -0.15) is 0 Å². The van der Waals surface area contributed by atoms with Gasteiger partial charge in [-0.3, -0.25) is 0 Å². The van der Waals surface area contributed by atoms with Gasteiger partial charge < -0.3 is 14.6 Å². The lowest BCUT2D eigenvalue weighted by Gasteiger charge is -2.22. The molecule has 1 unspecified atom stereocenters. The summed E-state index contributed by atoms with van der Waals surface area (Å²) in [4.78, 5) is 0. The van der Waals surface area contributed by atoms with E-state index in [1.165, 1.54) is 0 Å². The number of aliphatic hydroxyl groups is 1. The lowest BCUT2D eigenvalue weighted by Crippen LogP contribution is -2.19. The first-order valence-corrected chi connectivity index (χ1v) is 6.24. The monoisotopic (exact) mass is 252 g/mol. The van der Waals surface area contributed by atoms with Gasteiger partial charge in [0.25, 0.3) is 0 Å². The second-order valence-electron chi connectivity index (χ2n) is 5.81. The van der Waals surface area contributed by atoms with Crippen molar-refractivity contribution in [1.82, 2.24) is 0 Å². The van der Waals surface area contributed by atoms with Crippen molar-refractivity contribution >= 4 is 0 Å². The van der Waals surface area contributed by atoms with Crippen LogP contribution in [0.4, 0.5) is 0 Å². The molecule has 0 fully saturated rings. The first-order chi connectivity index (χ1) is 8.35. The van der Waals surface area contributed by atoms with Gasteiger partial charge >= 0.3 is 0 Å². The maximum atomic E-state index is 10.1. The molecule has 1 aromatic rings. The van der Waals surface area contributed by atoms with Crippen molar-refractivity contribution in [1.29, 1.82) is 0 Å².